The maximum Gasteiger partial charge on any atom is 0.222 e. The fourth-order valence-corrected chi connectivity index (χ4v) is 1.72. The summed E-state index contributed by atoms with van der Waals surface area (Å²) in [6, 6.07) is 0. The maximum atomic E-state index is 5.53. The van der Waals surface area contributed by atoms with Crippen LogP contribution in [0.25, 0.3) is 0 Å². The first kappa shape index (κ1) is 7.70. The van der Waals surface area contributed by atoms with Gasteiger partial charge in [-0.1, -0.05) is 0 Å². The summed E-state index contributed by atoms with van der Waals surface area (Å²) in [5.41, 5.74) is 0. The molecule has 4 nitrogen and oxygen atoms in total. The van der Waals surface area contributed by atoms with Crippen molar-refractivity contribution in [2.75, 3.05) is 13.2 Å². The summed E-state index contributed by atoms with van der Waals surface area (Å²) in [4.78, 5) is 10.2. The molecular weight excluding hydrogens is 172 g/mol. The molecule has 13 heavy (non-hydrogen) atoms. The predicted octanol–water partition coefficient (Wildman–Crippen LogP) is 0.554. The third-order valence-corrected chi connectivity index (χ3v) is 2.40. The van der Waals surface area contributed by atoms with E-state index in [0.717, 1.165) is 0 Å². The van der Waals surface area contributed by atoms with Crippen molar-refractivity contribution in [3.63, 3.8) is 0 Å². The van der Waals surface area contributed by atoms with Crippen molar-refractivity contribution in [1.82, 2.24) is 0 Å². The molecular formula is C9H10O4. The van der Waals surface area contributed by atoms with E-state index in [0.29, 0.717) is 13.2 Å². The lowest BCUT2D eigenvalue weighted by Gasteiger charge is -2.29. The van der Waals surface area contributed by atoms with Crippen LogP contribution in [0.3, 0.4) is 0 Å². The van der Waals surface area contributed by atoms with Gasteiger partial charge in [0.25, 0.3) is 0 Å². The Morgan fingerprint density at radius 2 is 1.85 bits per heavy atom. The van der Waals surface area contributed by atoms with Crippen molar-refractivity contribution in [3.8, 4) is 0 Å². The van der Waals surface area contributed by atoms with Crippen LogP contribution >= 0.6 is 0 Å². The van der Waals surface area contributed by atoms with Crippen molar-refractivity contribution < 1.29 is 19.2 Å². The minimum absolute atomic E-state index is 0.108. The van der Waals surface area contributed by atoms with Gasteiger partial charge in [0.1, 0.15) is 6.10 Å². The van der Waals surface area contributed by atoms with Gasteiger partial charge < -0.3 is 9.47 Å². The zero-order valence-corrected chi connectivity index (χ0v) is 7.01. The molecule has 4 aliphatic rings. The zero-order chi connectivity index (χ0) is 8.73. The largest absolute Gasteiger partial charge is 0.342 e. The molecule has 2 bridgehead atoms. The number of hydrogen-bond acceptors (Lipinski definition) is 4. The molecule has 0 saturated carbocycles. The van der Waals surface area contributed by atoms with Gasteiger partial charge in [-0.05, 0) is 24.3 Å². The molecule has 1 spiro atoms. The second-order valence-corrected chi connectivity index (χ2v) is 3.24. The van der Waals surface area contributed by atoms with Gasteiger partial charge in [0.15, 0.2) is 6.10 Å². The highest BCUT2D eigenvalue weighted by atomic mass is 17.2. The molecule has 0 amide bonds. The van der Waals surface area contributed by atoms with Crippen LogP contribution in [0.2, 0.25) is 0 Å². The first-order valence-electron chi connectivity index (χ1n) is 4.37. The van der Waals surface area contributed by atoms with E-state index in [-0.39, 0.29) is 12.2 Å². The Morgan fingerprint density at radius 1 is 1.00 bits per heavy atom. The van der Waals surface area contributed by atoms with E-state index in [1.54, 1.807) is 0 Å². The summed E-state index contributed by atoms with van der Waals surface area (Å²) < 4.78 is 11.1. The van der Waals surface area contributed by atoms with Gasteiger partial charge in [0.05, 0.1) is 13.2 Å². The van der Waals surface area contributed by atoms with Gasteiger partial charge in [0.2, 0.25) is 5.79 Å². The monoisotopic (exact) mass is 182 g/mol. The Kier molecular flexibility index (Phi) is 1.57. The summed E-state index contributed by atoms with van der Waals surface area (Å²) in [6.45, 7) is 1.20. The fraction of sp³-hybridized carbons (Fsp3) is 0.556. The summed E-state index contributed by atoms with van der Waals surface area (Å²) in [7, 11) is 0. The van der Waals surface area contributed by atoms with Crippen molar-refractivity contribution >= 4 is 0 Å². The molecule has 0 aromatic carbocycles. The normalized spacial score (nSPS) is 40.0. The zero-order valence-electron chi connectivity index (χ0n) is 7.01. The first-order chi connectivity index (χ1) is 6.39. The maximum absolute atomic E-state index is 5.53. The van der Waals surface area contributed by atoms with Crippen LogP contribution < -0.4 is 0 Å². The van der Waals surface area contributed by atoms with Crippen molar-refractivity contribution in [3.05, 3.63) is 24.3 Å². The molecule has 4 rings (SSSR count). The average Bonchev–Trinajstić information content (AvgIpc) is 2.51. The van der Waals surface area contributed by atoms with Crippen LogP contribution in [-0.4, -0.2) is 31.2 Å². The van der Waals surface area contributed by atoms with Gasteiger partial charge in [-0.15, -0.1) is 0 Å². The topological polar surface area (TPSA) is 36.9 Å². The molecule has 0 aromatic rings. The van der Waals surface area contributed by atoms with Gasteiger partial charge in [0, 0.05) is 0 Å². The number of hydrogen-bond donors (Lipinski definition) is 0. The standard InChI is InChI=1S/C9H10O4/c1-2-8-9(10-5-6-11-9)4-3-7(1)12-13-8/h1-4,7-8H,5-6H2/t7-,8+/m0/s1. The SMILES string of the molecule is C1=C[C@H]2OO[C@@H]1C=CC21OCCO1. The molecule has 70 valence electrons. The van der Waals surface area contributed by atoms with Crippen molar-refractivity contribution in [1.29, 1.82) is 0 Å². The lowest BCUT2D eigenvalue weighted by molar-refractivity contribution is -0.365. The van der Waals surface area contributed by atoms with E-state index in [2.05, 4.69) is 0 Å². The minimum atomic E-state index is -0.748. The van der Waals surface area contributed by atoms with Gasteiger partial charge in [-0.2, -0.15) is 0 Å². The molecule has 0 aromatic heterocycles. The van der Waals surface area contributed by atoms with Crippen LogP contribution in [0, 0.1) is 0 Å². The summed E-state index contributed by atoms with van der Waals surface area (Å²) in [6.07, 6.45) is 7.22. The van der Waals surface area contributed by atoms with Gasteiger partial charge >= 0.3 is 0 Å². The first-order valence-corrected chi connectivity index (χ1v) is 4.37. The van der Waals surface area contributed by atoms with E-state index < -0.39 is 5.79 Å². The lowest BCUT2D eigenvalue weighted by atomic mass is 10.1. The Labute approximate surface area is 75.6 Å². The second kappa shape index (κ2) is 2.65. The molecule has 4 heteroatoms. The van der Waals surface area contributed by atoms with Crippen LogP contribution in [0.4, 0.5) is 0 Å². The summed E-state index contributed by atoms with van der Waals surface area (Å²) in [5, 5.41) is 0. The summed E-state index contributed by atoms with van der Waals surface area (Å²) in [5.74, 6) is -0.748. The smallest absolute Gasteiger partial charge is 0.222 e. The summed E-state index contributed by atoms with van der Waals surface area (Å²) >= 11 is 0. The minimum Gasteiger partial charge on any atom is -0.342 e. The average molecular weight is 182 g/mol. The van der Waals surface area contributed by atoms with Crippen molar-refractivity contribution in [2.24, 2.45) is 0 Å². The molecule has 3 aliphatic heterocycles. The van der Waals surface area contributed by atoms with Crippen LogP contribution in [0.15, 0.2) is 24.3 Å². The highest BCUT2D eigenvalue weighted by Crippen LogP contribution is 2.33. The van der Waals surface area contributed by atoms with E-state index in [1.807, 2.05) is 24.3 Å². The van der Waals surface area contributed by atoms with E-state index in [9.17, 15) is 0 Å². The molecule has 0 N–H and O–H groups in total. The Hall–Kier alpha value is -0.680. The highest BCUT2D eigenvalue weighted by molar-refractivity contribution is 5.20. The molecule has 1 aliphatic carbocycles. The molecule has 0 radical (unpaired) electrons. The second-order valence-electron chi connectivity index (χ2n) is 3.24. The predicted molar refractivity (Wildman–Crippen MR) is 42.7 cm³/mol. The number of fused-ring (bicyclic) bond motifs is 1. The quantitative estimate of drug-likeness (QED) is 0.405. The third kappa shape index (κ3) is 1.07. The van der Waals surface area contributed by atoms with E-state index >= 15 is 0 Å². The molecule has 0 unspecified atom stereocenters. The Balaban J connectivity index is 2.00. The molecule has 1 saturated heterocycles. The number of rotatable bonds is 0. The van der Waals surface area contributed by atoms with Crippen molar-refractivity contribution in [2.45, 2.75) is 18.0 Å². The Bertz CT molecular complexity index is 265. The molecule has 3 heterocycles. The van der Waals surface area contributed by atoms with Crippen LogP contribution in [0.5, 0.6) is 0 Å². The molecule has 2 atom stereocenters. The van der Waals surface area contributed by atoms with Gasteiger partial charge in [-0.25, -0.2) is 9.78 Å². The molecule has 1 fully saturated rings. The highest BCUT2D eigenvalue weighted by Gasteiger charge is 2.46. The Morgan fingerprint density at radius 3 is 2.54 bits per heavy atom. The number of ether oxygens (including phenoxy) is 2. The van der Waals surface area contributed by atoms with E-state index in [1.165, 1.54) is 0 Å². The van der Waals surface area contributed by atoms with Crippen LogP contribution in [0.1, 0.15) is 0 Å². The van der Waals surface area contributed by atoms with Gasteiger partial charge in [-0.3, -0.25) is 0 Å². The fourth-order valence-electron chi connectivity index (χ4n) is 1.72. The van der Waals surface area contributed by atoms with Crippen LogP contribution in [-0.2, 0) is 19.2 Å². The third-order valence-electron chi connectivity index (χ3n) is 2.40. The lowest BCUT2D eigenvalue weighted by Crippen LogP contribution is -2.42. The van der Waals surface area contributed by atoms with E-state index in [4.69, 9.17) is 19.2 Å².